The Kier molecular flexibility index (Phi) is 46.2. The van der Waals surface area contributed by atoms with Gasteiger partial charge in [0.25, 0.3) is 0 Å². The fourth-order valence-corrected chi connectivity index (χ4v) is 75.3. The minimum Gasteiger partial charge on any atom is -0.481 e. The number of hydrogen-bond acceptors (Lipinski definition) is 4. The molecule has 1 rings (SSSR count). The second kappa shape index (κ2) is 41.4. The number of aliphatic carboxylic acids is 1. The van der Waals surface area contributed by atoms with Crippen LogP contribution in [0.2, 0.25) is 0 Å². The molecular formula is C9H7NO2S31. The smallest absolute Gasteiger partial charge is 0.307 e. The number of carbonyl (C=O) groups is 1. The molecule has 0 amide bonds. The van der Waals surface area contributed by atoms with Gasteiger partial charge in [-0.3, -0.25) is 4.79 Å². The Balaban J connectivity index is 0.00000121. The van der Waals surface area contributed by atoms with Crippen molar-refractivity contribution < 1.29 is 9.90 Å². The van der Waals surface area contributed by atoms with Crippen LogP contribution in [-0.2, 0) is 291 Å². The average Bonchev–Trinajstić information content (AvgIpc) is 3.01. The summed E-state index contributed by atoms with van der Waals surface area (Å²) in [4.78, 5) is 10.3. The highest BCUT2D eigenvalue weighted by molar-refractivity contribution is 8.80. The fraction of sp³-hybridized carbons (Fsp3) is 0.111. The van der Waals surface area contributed by atoms with Gasteiger partial charge in [0.2, 0.25) is 0 Å². The van der Waals surface area contributed by atoms with Crippen molar-refractivity contribution in [3.05, 3.63) is 35.4 Å². The molecule has 0 heterocycles. The van der Waals surface area contributed by atoms with Gasteiger partial charge in [-0.15, -0.1) is 0 Å². The van der Waals surface area contributed by atoms with Crippen molar-refractivity contribution in [2.24, 2.45) is 0 Å². The summed E-state index contributed by atoms with van der Waals surface area (Å²) in [6, 6.07) is 8.54. The van der Waals surface area contributed by atoms with E-state index in [4.69, 9.17) is 32.7 Å². The Morgan fingerprint density at radius 1 is 0.558 bits per heavy atom. The minimum atomic E-state index is -0.884. The lowest BCUT2D eigenvalue weighted by atomic mass is 10.1. The first kappa shape index (κ1) is 48.0. The van der Waals surface area contributed by atoms with Crippen LogP contribution in [0.3, 0.4) is 0 Å². The van der Waals surface area contributed by atoms with Gasteiger partial charge in [0.05, 0.1) is 18.1 Å². The van der Waals surface area contributed by atoms with Crippen LogP contribution in [0.4, 0.5) is 0 Å². The van der Waals surface area contributed by atoms with Gasteiger partial charge in [-0.05, 0) is 17.7 Å². The number of carboxylic acid groups (broad SMARTS) is 1. The average molecular weight is 1160 g/mol. The molecule has 0 atom stereocenters. The maximum atomic E-state index is 10.3. The summed E-state index contributed by atoms with van der Waals surface area (Å²) in [6.45, 7) is 0. The zero-order valence-electron chi connectivity index (χ0n) is 19.0. The molecule has 1 aromatic rings. The Hall–Kier alpha value is 5.00. The molecule has 0 aliphatic heterocycles. The first-order valence-corrected chi connectivity index (χ1v) is 48.4. The predicted molar refractivity (Wildman–Crippen MR) is 271 cm³/mol. The maximum absolute atomic E-state index is 10.3. The SMILES string of the molecule is N#Cc1cccc(CC(=O)O)c1.S=S=S=S=S=S=S=S=S=S=S=S=S=S=S=S=S=S=S=S=S=S=S=S=S=S=S=S=S=S=S. The van der Waals surface area contributed by atoms with E-state index in [1.54, 1.807) is 131 Å². The maximum Gasteiger partial charge on any atom is 0.307 e. The molecule has 3 nitrogen and oxygen atoms in total. The van der Waals surface area contributed by atoms with Crippen LogP contribution in [0.25, 0.3) is 0 Å². The Bertz CT molecular complexity index is 2360. The quantitative estimate of drug-likeness (QED) is 0.482. The minimum absolute atomic E-state index is 0.0322. The van der Waals surface area contributed by atoms with E-state index < -0.39 is 5.97 Å². The van der Waals surface area contributed by atoms with Crippen molar-refractivity contribution in [3.8, 4) is 6.07 Å². The summed E-state index contributed by atoms with van der Waals surface area (Å²) in [5.41, 5.74) is 1.15. The molecule has 1 N–H and O–H groups in total. The first-order chi connectivity index (χ1) is 21.1. The zero-order chi connectivity index (χ0) is 31.5. The monoisotopic (exact) mass is 1150 g/mol. The van der Waals surface area contributed by atoms with E-state index in [9.17, 15) is 4.79 Å². The Labute approximate surface area is 340 Å². The molecule has 43 heavy (non-hydrogen) atoms. The number of rotatable bonds is 2. The van der Waals surface area contributed by atoms with Crippen molar-refractivity contribution >= 4 is 286 Å². The topological polar surface area (TPSA) is 61.1 Å². The van der Waals surface area contributed by atoms with E-state index in [0.29, 0.717) is 11.1 Å². The van der Waals surface area contributed by atoms with Gasteiger partial charge in [0, 0.05) is 280 Å². The molecule has 1 aromatic carbocycles. The van der Waals surface area contributed by atoms with E-state index in [2.05, 4.69) is 0 Å². The summed E-state index contributed by atoms with van der Waals surface area (Å²) in [7, 11) is 50.9. The van der Waals surface area contributed by atoms with Gasteiger partial charge < -0.3 is 5.11 Å². The third-order valence-corrected chi connectivity index (χ3v) is 64.4. The highest BCUT2D eigenvalue weighted by atomic mass is 33.5. The van der Waals surface area contributed by atoms with Crippen molar-refractivity contribution in [1.29, 1.82) is 5.26 Å². The van der Waals surface area contributed by atoms with Gasteiger partial charge in [-0.1, -0.05) is 12.1 Å². The molecule has 0 aliphatic rings. The number of hydrogen-bond donors (Lipinski definition) is 1. The third-order valence-electron chi connectivity index (χ3n) is 2.19. The lowest BCUT2D eigenvalue weighted by Gasteiger charge is -1.95. The lowest BCUT2D eigenvalue weighted by molar-refractivity contribution is -0.136. The van der Waals surface area contributed by atoms with Crippen LogP contribution >= 0.6 is 0 Å². The summed E-state index contributed by atoms with van der Waals surface area (Å²) < 4.78 is 0. The van der Waals surface area contributed by atoms with Gasteiger partial charge in [-0.25, -0.2) is 0 Å². The number of benzene rings is 1. The molecule has 0 saturated heterocycles. The molecule has 246 valence electrons. The van der Waals surface area contributed by atoms with Gasteiger partial charge >= 0.3 is 5.97 Å². The highest BCUT2D eigenvalue weighted by Crippen LogP contribution is 2.04. The van der Waals surface area contributed by atoms with Crippen molar-refractivity contribution in [1.82, 2.24) is 0 Å². The van der Waals surface area contributed by atoms with Crippen LogP contribution in [-0.4, -0.2) is 11.1 Å². The van der Waals surface area contributed by atoms with E-state index in [1.807, 2.05) is 139 Å². The van der Waals surface area contributed by atoms with Gasteiger partial charge in [0.15, 0.2) is 0 Å². The first-order valence-electron chi connectivity index (χ1n) is 8.43. The largest absolute Gasteiger partial charge is 0.481 e. The van der Waals surface area contributed by atoms with Crippen LogP contribution in [0.15, 0.2) is 24.3 Å². The molecule has 34 heteroatoms. The normalized spacial score (nSPS) is 7.98. The zero-order valence-corrected chi connectivity index (χ0v) is 44.3. The van der Waals surface area contributed by atoms with Crippen molar-refractivity contribution in [2.75, 3.05) is 0 Å². The molecule has 0 saturated carbocycles. The lowest BCUT2D eigenvalue weighted by Crippen LogP contribution is -1.99. The van der Waals surface area contributed by atoms with Crippen LogP contribution in [0, 0.1) is 11.3 Å². The molecule has 0 radical (unpaired) electrons. The summed E-state index contributed by atoms with van der Waals surface area (Å²) in [5, 5.41) is 16.9. The van der Waals surface area contributed by atoms with Crippen molar-refractivity contribution in [2.45, 2.75) is 6.42 Å². The van der Waals surface area contributed by atoms with E-state index in [1.165, 1.54) is 17.8 Å². The van der Waals surface area contributed by atoms with E-state index in [0.717, 1.165) is 0 Å². The van der Waals surface area contributed by atoms with Crippen LogP contribution < -0.4 is 0 Å². The van der Waals surface area contributed by atoms with E-state index in [-0.39, 0.29) is 6.42 Å². The number of nitriles is 1. The second-order valence-corrected chi connectivity index (χ2v) is 55.7. The summed E-state index contributed by atoms with van der Waals surface area (Å²) in [5.74, 6) is -0.884. The molecule has 0 aliphatic carbocycles. The molecule has 0 spiro atoms. The predicted octanol–water partition coefficient (Wildman–Crippen LogP) is 1.11. The number of nitrogens with zero attached hydrogens (tertiary/aromatic N) is 1. The Morgan fingerprint density at radius 3 is 1.07 bits per heavy atom. The standard InChI is InChI=1S/C9H7NO2.S31/c10-6-8-3-1-2-7(4-8)5-9(11)12;1-3-5-7-9-11-13-15-17-19-21-23-25-27-29-31-30-28-26-24-22-20-18-16-14-12-10-8-6-4-2/h1-4H,5H2,(H,11,12);. The van der Waals surface area contributed by atoms with E-state index >= 15 is 0 Å². The number of carboxylic acids is 1. The molecule has 0 unspecified atom stereocenters. The van der Waals surface area contributed by atoms with Gasteiger partial charge in [0.1, 0.15) is 0 Å². The molecule has 0 aromatic heterocycles. The molecular weight excluding hydrogens is 1150 g/mol. The summed E-state index contributed by atoms with van der Waals surface area (Å²) in [6.07, 6.45) is -0.0322. The summed E-state index contributed by atoms with van der Waals surface area (Å²) >= 11 is 9.58. The molecule has 0 fully saturated rings. The third kappa shape index (κ3) is 39.6. The van der Waals surface area contributed by atoms with Crippen LogP contribution in [0.5, 0.6) is 0 Å². The van der Waals surface area contributed by atoms with Crippen LogP contribution in [0.1, 0.15) is 11.1 Å². The highest BCUT2D eigenvalue weighted by Gasteiger charge is 2.00. The second-order valence-electron chi connectivity index (χ2n) is 4.36. The van der Waals surface area contributed by atoms with Crippen molar-refractivity contribution in [3.63, 3.8) is 0 Å². The fourth-order valence-electron chi connectivity index (χ4n) is 1.23. The Morgan fingerprint density at radius 2 is 0.837 bits per heavy atom. The molecule has 0 bridgehead atoms. The van der Waals surface area contributed by atoms with Gasteiger partial charge in [-0.2, -0.15) is 5.26 Å².